The molecule has 0 aliphatic carbocycles. The zero-order valence-electron chi connectivity index (χ0n) is 15.5. The molecule has 3 saturated heterocycles. The Kier molecular flexibility index (Phi) is 5.87. The molecule has 0 amide bonds. The summed E-state index contributed by atoms with van der Waals surface area (Å²) in [6.07, 6.45) is 6.23. The molecule has 2 atom stereocenters. The van der Waals surface area contributed by atoms with Gasteiger partial charge in [-0.3, -0.25) is 14.8 Å². The number of likely N-dealkylation sites (tertiary alicyclic amines) is 1. The molecule has 0 radical (unpaired) electrons. The predicted octanol–water partition coefficient (Wildman–Crippen LogP) is 1.37. The minimum Gasteiger partial charge on any atom is -0.465 e. The van der Waals surface area contributed by atoms with Crippen LogP contribution < -0.4 is 0 Å². The Morgan fingerprint density at radius 3 is 2.85 bits per heavy atom. The molecule has 7 nitrogen and oxygen atoms in total. The van der Waals surface area contributed by atoms with Crippen LogP contribution in [0, 0.1) is 5.92 Å². The summed E-state index contributed by atoms with van der Waals surface area (Å²) in [7, 11) is 0. The normalized spacial score (nSPS) is 28.4. The first-order chi connectivity index (χ1) is 12.8. The van der Waals surface area contributed by atoms with E-state index >= 15 is 0 Å². The van der Waals surface area contributed by atoms with Crippen molar-refractivity contribution in [1.82, 2.24) is 20.0 Å². The van der Waals surface area contributed by atoms with Crippen molar-refractivity contribution in [3.8, 4) is 0 Å². The fourth-order valence-corrected chi connectivity index (χ4v) is 4.43. The van der Waals surface area contributed by atoms with Crippen molar-refractivity contribution in [2.24, 2.45) is 5.92 Å². The number of nitrogens with zero attached hydrogens (tertiary/aromatic N) is 3. The number of hydrogen-bond donors (Lipinski definition) is 1. The van der Waals surface area contributed by atoms with Gasteiger partial charge in [-0.15, -0.1) is 0 Å². The molecule has 1 aromatic heterocycles. The highest BCUT2D eigenvalue weighted by atomic mass is 16.5. The number of carbonyl (C=O) groups is 1. The van der Waals surface area contributed by atoms with Crippen LogP contribution in [0.15, 0.2) is 6.20 Å². The van der Waals surface area contributed by atoms with Crippen molar-refractivity contribution in [1.29, 1.82) is 0 Å². The summed E-state index contributed by atoms with van der Waals surface area (Å²) in [5.41, 5.74) is 2.64. The summed E-state index contributed by atoms with van der Waals surface area (Å²) < 4.78 is 10.5. The van der Waals surface area contributed by atoms with E-state index in [0.717, 1.165) is 65.3 Å². The number of esters is 1. The van der Waals surface area contributed by atoms with Crippen LogP contribution in [0.4, 0.5) is 0 Å². The lowest BCUT2D eigenvalue weighted by Gasteiger charge is -2.33. The summed E-state index contributed by atoms with van der Waals surface area (Å²) >= 11 is 0. The molecule has 0 unspecified atom stereocenters. The van der Waals surface area contributed by atoms with E-state index in [1.807, 2.05) is 6.20 Å². The molecule has 4 rings (SSSR count). The van der Waals surface area contributed by atoms with Crippen LogP contribution in [-0.4, -0.2) is 78.5 Å². The van der Waals surface area contributed by atoms with E-state index in [-0.39, 0.29) is 11.9 Å². The monoisotopic (exact) mass is 362 g/mol. The van der Waals surface area contributed by atoms with E-state index in [4.69, 9.17) is 9.47 Å². The third-order valence-corrected chi connectivity index (χ3v) is 6.00. The lowest BCUT2D eigenvalue weighted by molar-refractivity contribution is -0.141. The van der Waals surface area contributed by atoms with Crippen LogP contribution in [0.25, 0.3) is 0 Å². The van der Waals surface area contributed by atoms with E-state index < -0.39 is 0 Å². The molecule has 0 saturated carbocycles. The van der Waals surface area contributed by atoms with E-state index in [2.05, 4.69) is 20.0 Å². The van der Waals surface area contributed by atoms with E-state index in [1.165, 1.54) is 24.1 Å². The van der Waals surface area contributed by atoms with E-state index in [1.54, 1.807) is 0 Å². The third-order valence-electron chi connectivity index (χ3n) is 6.00. The largest absolute Gasteiger partial charge is 0.465 e. The Hall–Kier alpha value is -1.44. The van der Waals surface area contributed by atoms with Crippen LogP contribution >= 0.6 is 0 Å². The highest BCUT2D eigenvalue weighted by molar-refractivity contribution is 5.74. The lowest BCUT2D eigenvalue weighted by atomic mass is 9.92. The fraction of sp³-hybridized carbons (Fsp3) is 0.789. The SMILES string of the molecule is O=C1OCC[C@@H]1CCN1CCC[C@H](c2[nH]ncc2CN2CCOCC2)C1. The average Bonchev–Trinajstić information content (AvgIpc) is 3.30. The Balaban J connectivity index is 1.32. The van der Waals surface area contributed by atoms with Gasteiger partial charge >= 0.3 is 5.97 Å². The van der Waals surface area contributed by atoms with Gasteiger partial charge in [0, 0.05) is 43.4 Å². The molecule has 1 N–H and O–H groups in total. The second kappa shape index (κ2) is 8.50. The molecular formula is C19H30N4O3. The molecule has 3 aliphatic heterocycles. The van der Waals surface area contributed by atoms with Gasteiger partial charge in [-0.05, 0) is 38.8 Å². The number of nitrogens with one attached hydrogen (secondary N) is 1. The van der Waals surface area contributed by atoms with Crippen LogP contribution in [0.5, 0.6) is 0 Å². The molecular weight excluding hydrogens is 332 g/mol. The second-order valence-electron chi connectivity index (χ2n) is 7.78. The number of rotatable bonds is 6. The maximum Gasteiger partial charge on any atom is 0.309 e. The highest BCUT2D eigenvalue weighted by Crippen LogP contribution is 2.29. The third kappa shape index (κ3) is 4.27. The van der Waals surface area contributed by atoms with Gasteiger partial charge in [-0.25, -0.2) is 0 Å². The number of piperidine rings is 1. The molecule has 3 fully saturated rings. The number of H-pyrrole nitrogens is 1. The van der Waals surface area contributed by atoms with Gasteiger partial charge in [0.2, 0.25) is 0 Å². The molecule has 1 aromatic rings. The van der Waals surface area contributed by atoms with Crippen molar-refractivity contribution in [3.05, 3.63) is 17.5 Å². The standard InChI is InChI=1S/C19H30N4O3/c24-19-15(4-9-26-19)3-6-22-5-1-2-16(13-22)18-17(12-20-21-18)14-23-7-10-25-11-8-23/h12,15-16H,1-11,13-14H2,(H,20,21)/t15-,16-/m0/s1. The first-order valence-electron chi connectivity index (χ1n) is 10.0. The maximum atomic E-state index is 11.7. The maximum absolute atomic E-state index is 11.7. The van der Waals surface area contributed by atoms with Gasteiger partial charge in [-0.1, -0.05) is 0 Å². The molecule has 0 bridgehead atoms. The van der Waals surface area contributed by atoms with Gasteiger partial charge in [-0.2, -0.15) is 5.10 Å². The first-order valence-corrected chi connectivity index (χ1v) is 10.0. The quantitative estimate of drug-likeness (QED) is 0.771. The summed E-state index contributed by atoms with van der Waals surface area (Å²) in [4.78, 5) is 16.6. The summed E-state index contributed by atoms with van der Waals surface area (Å²) in [6.45, 7) is 8.39. The van der Waals surface area contributed by atoms with Crippen LogP contribution in [0.2, 0.25) is 0 Å². The Morgan fingerprint density at radius 1 is 1.15 bits per heavy atom. The van der Waals surface area contributed by atoms with Crippen molar-refractivity contribution >= 4 is 5.97 Å². The molecule has 4 heterocycles. The average molecular weight is 362 g/mol. The molecule has 144 valence electrons. The van der Waals surface area contributed by atoms with Crippen molar-refractivity contribution < 1.29 is 14.3 Å². The van der Waals surface area contributed by atoms with Crippen molar-refractivity contribution in [3.63, 3.8) is 0 Å². The molecule has 0 aromatic carbocycles. The number of hydrogen-bond acceptors (Lipinski definition) is 6. The number of ether oxygens (including phenoxy) is 2. The second-order valence-corrected chi connectivity index (χ2v) is 7.78. The lowest BCUT2D eigenvalue weighted by Crippen LogP contribution is -2.37. The van der Waals surface area contributed by atoms with Gasteiger partial charge in [0.15, 0.2) is 0 Å². The summed E-state index contributed by atoms with van der Waals surface area (Å²) in [6, 6.07) is 0. The zero-order chi connectivity index (χ0) is 17.8. The van der Waals surface area contributed by atoms with E-state index in [0.29, 0.717) is 12.5 Å². The minimum atomic E-state index is -0.0000697. The Morgan fingerprint density at radius 2 is 2.04 bits per heavy atom. The smallest absolute Gasteiger partial charge is 0.309 e. The van der Waals surface area contributed by atoms with E-state index in [9.17, 15) is 4.79 Å². The van der Waals surface area contributed by atoms with Gasteiger partial charge in [0.05, 0.1) is 31.9 Å². The number of morpholine rings is 1. The number of carbonyl (C=O) groups excluding carboxylic acids is 1. The number of cyclic esters (lactones) is 1. The van der Waals surface area contributed by atoms with Gasteiger partial charge in [0.25, 0.3) is 0 Å². The highest BCUT2D eigenvalue weighted by Gasteiger charge is 2.29. The minimum absolute atomic E-state index is 0.0000697. The Bertz CT molecular complexity index is 599. The molecule has 7 heteroatoms. The van der Waals surface area contributed by atoms with Crippen LogP contribution in [0.3, 0.4) is 0 Å². The number of aromatic nitrogens is 2. The predicted molar refractivity (Wildman–Crippen MR) is 96.8 cm³/mol. The summed E-state index contributed by atoms with van der Waals surface area (Å²) in [5, 5.41) is 7.63. The zero-order valence-corrected chi connectivity index (χ0v) is 15.5. The van der Waals surface area contributed by atoms with Crippen LogP contribution in [-0.2, 0) is 20.8 Å². The number of aromatic amines is 1. The fourth-order valence-electron chi connectivity index (χ4n) is 4.43. The molecule has 0 spiro atoms. The van der Waals surface area contributed by atoms with Gasteiger partial charge in [0.1, 0.15) is 0 Å². The first kappa shape index (κ1) is 17.9. The topological polar surface area (TPSA) is 70.7 Å². The summed E-state index contributed by atoms with van der Waals surface area (Å²) in [5.74, 6) is 0.622. The van der Waals surface area contributed by atoms with Crippen molar-refractivity contribution in [2.75, 3.05) is 52.5 Å². The molecule has 3 aliphatic rings. The Labute approximate surface area is 155 Å². The van der Waals surface area contributed by atoms with Crippen LogP contribution in [0.1, 0.15) is 42.9 Å². The van der Waals surface area contributed by atoms with Gasteiger partial charge < -0.3 is 14.4 Å². The molecule has 26 heavy (non-hydrogen) atoms. The van der Waals surface area contributed by atoms with Crippen molar-refractivity contribution in [2.45, 2.75) is 38.1 Å².